The normalized spacial score (nSPS) is 11.1. The molecule has 0 amide bonds. The fourth-order valence-corrected chi connectivity index (χ4v) is 3.63. The molecule has 0 spiro atoms. The summed E-state index contributed by atoms with van der Waals surface area (Å²) in [5.41, 5.74) is 1.98. The number of fused-ring (bicyclic) bond motifs is 1. The fourth-order valence-electron chi connectivity index (χ4n) is 3.36. The number of hydrogen-bond donors (Lipinski definition) is 1. The van der Waals surface area contributed by atoms with Crippen LogP contribution in [0.3, 0.4) is 0 Å². The Morgan fingerprint density at radius 1 is 0.867 bits per heavy atom. The van der Waals surface area contributed by atoms with E-state index < -0.39 is 11.4 Å². The van der Waals surface area contributed by atoms with Crippen LogP contribution in [0, 0.1) is 5.82 Å². The first-order valence-electron chi connectivity index (χ1n) is 9.21. The molecule has 0 aliphatic rings. The minimum absolute atomic E-state index is 0.157. The van der Waals surface area contributed by atoms with Crippen LogP contribution in [0.2, 0.25) is 0 Å². The second-order valence-corrected chi connectivity index (χ2v) is 7.60. The van der Waals surface area contributed by atoms with Crippen molar-refractivity contribution >= 4 is 27.1 Å². The summed E-state index contributed by atoms with van der Waals surface area (Å²) >= 11 is 3.44. The average Bonchev–Trinajstić information content (AvgIpc) is 3.15. The van der Waals surface area contributed by atoms with Gasteiger partial charge in [0.2, 0.25) is 0 Å². The zero-order valence-corrected chi connectivity index (χ0v) is 17.1. The molecule has 0 fully saturated rings. The summed E-state index contributed by atoms with van der Waals surface area (Å²) in [6.45, 7) is 0. The Bertz CT molecular complexity index is 1430. The highest BCUT2D eigenvalue weighted by Crippen LogP contribution is 2.28. The van der Waals surface area contributed by atoms with Gasteiger partial charge in [-0.05, 0) is 36.4 Å². The lowest BCUT2D eigenvalue weighted by Crippen LogP contribution is -2.11. The standard InChI is InChI=1S/C23H14BrFN4O/c24-15-12-10-14(11-13-15)21-26-19-22(29(21)16-6-2-1-3-7-16)27-20(28-23(19)30)17-8-4-5-9-18(17)25/h1-13H,(H,27,28,30). The zero-order valence-electron chi connectivity index (χ0n) is 15.5. The third kappa shape index (κ3) is 3.13. The Kier molecular flexibility index (Phi) is 4.52. The second kappa shape index (κ2) is 7.35. The first-order valence-corrected chi connectivity index (χ1v) is 10.00. The summed E-state index contributed by atoms with van der Waals surface area (Å²) in [4.78, 5) is 24.7. The largest absolute Gasteiger partial charge is 0.304 e. The van der Waals surface area contributed by atoms with Gasteiger partial charge in [0.1, 0.15) is 17.5 Å². The number of rotatable bonds is 3. The van der Waals surface area contributed by atoms with E-state index in [0.29, 0.717) is 11.5 Å². The lowest BCUT2D eigenvalue weighted by molar-refractivity contribution is 0.630. The molecule has 2 aromatic heterocycles. The smallest absolute Gasteiger partial charge is 0.279 e. The average molecular weight is 461 g/mol. The molecule has 3 aromatic carbocycles. The summed E-state index contributed by atoms with van der Waals surface area (Å²) in [6.07, 6.45) is 0. The highest BCUT2D eigenvalue weighted by Gasteiger charge is 2.20. The SMILES string of the molecule is O=c1[nH]c(-c2ccccc2F)nc2c1nc(-c1ccc(Br)cc1)n2-c1ccccc1. The Labute approximate surface area is 179 Å². The maximum absolute atomic E-state index is 14.3. The van der Waals surface area contributed by atoms with E-state index in [1.54, 1.807) is 18.2 Å². The van der Waals surface area contributed by atoms with Gasteiger partial charge >= 0.3 is 0 Å². The van der Waals surface area contributed by atoms with Crippen LogP contribution in [-0.4, -0.2) is 19.5 Å². The molecule has 0 aliphatic carbocycles. The number of nitrogens with zero attached hydrogens (tertiary/aromatic N) is 3. The summed E-state index contributed by atoms with van der Waals surface area (Å²) in [6, 6.07) is 23.4. The van der Waals surface area contributed by atoms with E-state index in [4.69, 9.17) is 0 Å². The Morgan fingerprint density at radius 3 is 2.30 bits per heavy atom. The van der Waals surface area contributed by atoms with Gasteiger partial charge in [0.15, 0.2) is 11.2 Å². The second-order valence-electron chi connectivity index (χ2n) is 6.68. The summed E-state index contributed by atoms with van der Waals surface area (Å²) < 4.78 is 17.1. The minimum atomic E-state index is -0.459. The van der Waals surface area contributed by atoms with Gasteiger partial charge in [-0.3, -0.25) is 9.36 Å². The van der Waals surface area contributed by atoms with Crippen molar-refractivity contribution in [2.75, 3.05) is 0 Å². The van der Waals surface area contributed by atoms with Crippen molar-refractivity contribution in [2.24, 2.45) is 0 Å². The molecule has 0 saturated heterocycles. The van der Waals surface area contributed by atoms with Gasteiger partial charge in [0, 0.05) is 15.7 Å². The molecule has 0 saturated carbocycles. The van der Waals surface area contributed by atoms with Crippen LogP contribution in [0.4, 0.5) is 4.39 Å². The van der Waals surface area contributed by atoms with Gasteiger partial charge in [-0.1, -0.05) is 58.4 Å². The van der Waals surface area contributed by atoms with Crippen molar-refractivity contribution in [1.82, 2.24) is 19.5 Å². The van der Waals surface area contributed by atoms with Crippen molar-refractivity contribution in [3.05, 3.63) is 99.5 Å². The van der Waals surface area contributed by atoms with Crippen molar-refractivity contribution in [3.8, 4) is 28.5 Å². The molecule has 146 valence electrons. The molecule has 5 rings (SSSR count). The van der Waals surface area contributed by atoms with Crippen LogP contribution in [0.5, 0.6) is 0 Å². The van der Waals surface area contributed by atoms with Crippen LogP contribution >= 0.6 is 15.9 Å². The Hall–Kier alpha value is -3.58. The van der Waals surface area contributed by atoms with Crippen molar-refractivity contribution in [1.29, 1.82) is 0 Å². The van der Waals surface area contributed by atoms with Gasteiger partial charge in [0.25, 0.3) is 5.56 Å². The van der Waals surface area contributed by atoms with E-state index in [1.807, 2.05) is 59.2 Å². The monoisotopic (exact) mass is 460 g/mol. The molecule has 0 aliphatic heterocycles. The van der Waals surface area contributed by atoms with Crippen LogP contribution in [0.15, 0.2) is 88.1 Å². The van der Waals surface area contributed by atoms with E-state index in [9.17, 15) is 9.18 Å². The number of H-pyrrole nitrogens is 1. The van der Waals surface area contributed by atoms with Crippen LogP contribution in [0.25, 0.3) is 39.6 Å². The Morgan fingerprint density at radius 2 is 1.57 bits per heavy atom. The summed E-state index contributed by atoms with van der Waals surface area (Å²) in [7, 11) is 0. The van der Waals surface area contributed by atoms with E-state index in [0.717, 1.165) is 15.7 Å². The predicted octanol–water partition coefficient (Wildman–Crippen LogP) is 5.34. The van der Waals surface area contributed by atoms with E-state index in [-0.39, 0.29) is 16.9 Å². The number of halogens is 2. The molecule has 5 aromatic rings. The zero-order chi connectivity index (χ0) is 20.7. The third-order valence-corrected chi connectivity index (χ3v) is 5.29. The number of hydrogen-bond acceptors (Lipinski definition) is 3. The molecule has 30 heavy (non-hydrogen) atoms. The first kappa shape index (κ1) is 18.4. The van der Waals surface area contributed by atoms with Crippen LogP contribution in [-0.2, 0) is 0 Å². The highest BCUT2D eigenvalue weighted by molar-refractivity contribution is 9.10. The van der Waals surface area contributed by atoms with Gasteiger partial charge < -0.3 is 4.98 Å². The molecule has 7 heteroatoms. The molecule has 1 N–H and O–H groups in total. The first-order chi connectivity index (χ1) is 14.6. The molecule has 2 heterocycles. The predicted molar refractivity (Wildman–Crippen MR) is 118 cm³/mol. The highest BCUT2D eigenvalue weighted by atomic mass is 79.9. The van der Waals surface area contributed by atoms with Gasteiger partial charge in [0.05, 0.1) is 5.56 Å². The quantitative estimate of drug-likeness (QED) is 0.394. The molecule has 5 nitrogen and oxygen atoms in total. The number of imidazole rings is 1. The fraction of sp³-hybridized carbons (Fsp3) is 0. The molecular weight excluding hydrogens is 447 g/mol. The number of aromatic nitrogens is 4. The number of aromatic amines is 1. The van der Waals surface area contributed by atoms with Gasteiger partial charge in [-0.25, -0.2) is 14.4 Å². The van der Waals surface area contributed by atoms with Gasteiger partial charge in [-0.15, -0.1) is 0 Å². The lowest BCUT2D eigenvalue weighted by Gasteiger charge is -2.09. The maximum Gasteiger partial charge on any atom is 0.279 e. The molecular formula is C23H14BrFN4O. The number of para-hydroxylation sites is 1. The molecule has 0 unspecified atom stereocenters. The molecule has 0 bridgehead atoms. The van der Waals surface area contributed by atoms with Gasteiger partial charge in [-0.2, -0.15) is 0 Å². The van der Waals surface area contributed by atoms with E-state index >= 15 is 0 Å². The molecule has 0 radical (unpaired) electrons. The third-order valence-electron chi connectivity index (χ3n) is 4.76. The van der Waals surface area contributed by atoms with Crippen molar-refractivity contribution < 1.29 is 4.39 Å². The van der Waals surface area contributed by atoms with Crippen molar-refractivity contribution in [3.63, 3.8) is 0 Å². The lowest BCUT2D eigenvalue weighted by atomic mass is 10.2. The minimum Gasteiger partial charge on any atom is -0.304 e. The summed E-state index contributed by atoms with van der Waals surface area (Å²) in [5.74, 6) is 0.274. The van der Waals surface area contributed by atoms with Crippen molar-refractivity contribution in [2.45, 2.75) is 0 Å². The summed E-state index contributed by atoms with van der Waals surface area (Å²) in [5, 5.41) is 0. The maximum atomic E-state index is 14.3. The number of nitrogens with one attached hydrogen (secondary N) is 1. The van der Waals surface area contributed by atoms with Crippen LogP contribution < -0.4 is 5.56 Å². The molecule has 0 atom stereocenters. The number of benzene rings is 3. The van der Waals surface area contributed by atoms with E-state index in [1.165, 1.54) is 6.07 Å². The van der Waals surface area contributed by atoms with Crippen LogP contribution in [0.1, 0.15) is 0 Å². The Balaban J connectivity index is 1.85. The topological polar surface area (TPSA) is 63.6 Å². The van der Waals surface area contributed by atoms with E-state index in [2.05, 4.69) is 30.9 Å².